The SMILES string of the molecule is Cc1cccc(OCc2c(Cl)cccc2[N+](=O)[O-])c1C. The highest BCUT2D eigenvalue weighted by Crippen LogP contribution is 2.29. The van der Waals surface area contributed by atoms with Crippen LogP contribution in [0.15, 0.2) is 36.4 Å². The molecule has 0 heterocycles. The molecular formula is C15H14ClNO3. The second kappa shape index (κ2) is 5.92. The molecule has 0 unspecified atom stereocenters. The summed E-state index contributed by atoms with van der Waals surface area (Å²) in [5.41, 5.74) is 2.49. The summed E-state index contributed by atoms with van der Waals surface area (Å²) in [5, 5.41) is 11.3. The molecule has 0 aromatic heterocycles. The third kappa shape index (κ3) is 2.91. The summed E-state index contributed by atoms with van der Waals surface area (Å²) in [6.45, 7) is 4.01. The van der Waals surface area contributed by atoms with Crippen LogP contribution in [0.4, 0.5) is 5.69 Å². The molecule has 4 nitrogen and oxygen atoms in total. The average Bonchev–Trinajstić information content (AvgIpc) is 2.41. The van der Waals surface area contributed by atoms with Crippen LogP contribution in [0.1, 0.15) is 16.7 Å². The monoisotopic (exact) mass is 291 g/mol. The van der Waals surface area contributed by atoms with Gasteiger partial charge in [0.15, 0.2) is 0 Å². The Morgan fingerprint density at radius 3 is 2.60 bits per heavy atom. The molecule has 0 N–H and O–H groups in total. The van der Waals surface area contributed by atoms with E-state index in [1.165, 1.54) is 6.07 Å². The van der Waals surface area contributed by atoms with Crippen LogP contribution in [-0.4, -0.2) is 4.92 Å². The second-order valence-corrected chi connectivity index (χ2v) is 4.89. The van der Waals surface area contributed by atoms with Crippen molar-refractivity contribution in [2.24, 2.45) is 0 Å². The summed E-state index contributed by atoms with van der Waals surface area (Å²) >= 11 is 6.03. The van der Waals surface area contributed by atoms with Crippen molar-refractivity contribution in [1.29, 1.82) is 0 Å². The summed E-state index contributed by atoms with van der Waals surface area (Å²) in [6, 6.07) is 10.3. The molecule has 0 radical (unpaired) electrons. The Hall–Kier alpha value is -2.07. The van der Waals surface area contributed by atoms with Gasteiger partial charge in [-0.05, 0) is 37.1 Å². The molecule has 5 heteroatoms. The van der Waals surface area contributed by atoms with Crippen LogP contribution in [0.25, 0.3) is 0 Å². The van der Waals surface area contributed by atoms with E-state index in [9.17, 15) is 10.1 Å². The lowest BCUT2D eigenvalue weighted by molar-refractivity contribution is -0.385. The normalized spacial score (nSPS) is 10.3. The summed E-state index contributed by atoms with van der Waals surface area (Å²) < 4.78 is 5.69. The molecule has 2 aromatic carbocycles. The molecule has 0 atom stereocenters. The lowest BCUT2D eigenvalue weighted by atomic mass is 10.1. The van der Waals surface area contributed by atoms with Gasteiger partial charge < -0.3 is 4.74 Å². The molecule has 0 aliphatic carbocycles. The van der Waals surface area contributed by atoms with Gasteiger partial charge in [-0.15, -0.1) is 0 Å². The predicted octanol–water partition coefficient (Wildman–Crippen LogP) is 4.44. The molecule has 0 fully saturated rings. The maximum atomic E-state index is 11.0. The number of nitro benzene ring substituents is 1. The molecule has 0 amide bonds. The van der Waals surface area contributed by atoms with Crippen molar-refractivity contribution in [1.82, 2.24) is 0 Å². The summed E-state index contributed by atoms with van der Waals surface area (Å²) in [5.74, 6) is 0.708. The van der Waals surface area contributed by atoms with Crippen molar-refractivity contribution in [3.05, 3.63) is 68.2 Å². The first-order valence-corrected chi connectivity index (χ1v) is 6.49. The van der Waals surface area contributed by atoms with Gasteiger partial charge in [0.2, 0.25) is 0 Å². The first kappa shape index (κ1) is 14.3. The first-order valence-electron chi connectivity index (χ1n) is 6.11. The van der Waals surface area contributed by atoms with Gasteiger partial charge in [0.25, 0.3) is 5.69 Å². The topological polar surface area (TPSA) is 52.4 Å². The zero-order chi connectivity index (χ0) is 14.7. The highest BCUT2D eigenvalue weighted by Gasteiger charge is 2.17. The minimum atomic E-state index is -0.451. The summed E-state index contributed by atoms with van der Waals surface area (Å²) in [4.78, 5) is 10.5. The van der Waals surface area contributed by atoms with E-state index in [1.54, 1.807) is 12.1 Å². The van der Waals surface area contributed by atoms with Crippen molar-refractivity contribution in [3.63, 3.8) is 0 Å². The molecule has 0 aliphatic rings. The Bertz CT molecular complexity index is 656. The molecule has 20 heavy (non-hydrogen) atoms. The van der Waals surface area contributed by atoms with Gasteiger partial charge in [0.1, 0.15) is 12.4 Å². The second-order valence-electron chi connectivity index (χ2n) is 4.48. The van der Waals surface area contributed by atoms with Gasteiger partial charge in [-0.25, -0.2) is 0 Å². The number of nitrogens with zero attached hydrogens (tertiary/aromatic N) is 1. The molecule has 2 aromatic rings. The number of benzene rings is 2. The molecular weight excluding hydrogens is 278 g/mol. The van der Waals surface area contributed by atoms with E-state index in [0.717, 1.165) is 11.1 Å². The minimum Gasteiger partial charge on any atom is -0.488 e. The van der Waals surface area contributed by atoms with Crippen molar-refractivity contribution >= 4 is 17.3 Å². The fourth-order valence-corrected chi connectivity index (χ4v) is 2.12. The van der Waals surface area contributed by atoms with Gasteiger partial charge in [0.05, 0.1) is 15.5 Å². The quantitative estimate of drug-likeness (QED) is 0.618. The highest BCUT2D eigenvalue weighted by molar-refractivity contribution is 6.31. The summed E-state index contributed by atoms with van der Waals surface area (Å²) in [7, 11) is 0. The summed E-state index contributed by atoms with van der Waals surface area (Å²) in [6.07, 6.45) is 0. The largest absolute Gasteiger partial charge is 0.488 e. The van der Waals surface area contributed by atoms with E-state index in [-0.39, 0.29) is 12.3 Å². The molecule has 0 saturated carbocycles. The number of aryl methyl sites for hydroxylation is 1. The fourth-order valence-electron chi connectivity index (χ4n) is 1.89. The number of hydrogen-bond donors (Lipinski definition) is 0. The molecule has 0 saturated heterocycles. The molecule has 0 spiro atoms. The fraction of sp³-hybridized carbons (Fsp3) is 0.200. The van der Waals surface area contributed by atoms with Gasteiger partial charge in [-0.3, -0.25) is 10.1 Å². The van der Waals surface area contributed by atoms with Crippen molar-refractivity contribution in [3.8, 4) is 5.75 Å². The third-order valence-electron chi connectivity index (χ3n) is 3.22. The zero-order valence-corrected chi connectivity index (χ0v) is 12.0. The first-order chi connectivity index (χ1) is 9.50. The Morgan fingerprint density at radius 2 is 1.90 bits per heavy atom. The lowest BCUT2D eigenvalue weighted by Crippen LogP contribution is -2.02. The smallest absolute Gasteiger partial charge is 0.277 e. The van der Waals surface area contributed by atoms with Crippen LogP contribution in [0.2, 0.25) is 5.02 Å². The van der Waals surface area contributed by atoms with E-state index in [4.69, 9.17) is 16.3 Å². The Labute approximate surface area is 122 Å². The van der Waals surface area contributed by atoms with Crippen LogP contribution in [-0.2, 0) is 6.61 Å². The van der Waals surface area contributed by atoms with Crippen LogP contribution in [0.3, 0.4) is 0 Å². The van der Waals surface area contributed by atoms with E-state index in [1.807, 2.05) is 32.0 Å². The third-order valence-corrected chi connectivity index (χ3v) is 3.57. The molecule has 0 bridgehead atoms. The van der Waals surface area contributed by atoms with Crippen molar-refractivity contribution in [2.75, 3.05) is 0 Å². The number of ether oxygens (including phenoxy) is 1. The van der Waals surface area contributed by atoms with Crippen LogP contribution in [0.5, 0.6) is 5.75 Å². The number of rotatable bonds is 4. The standard InChI is InChI=1S/C15H14ClNO3/c1-10-5-3-8-15(11(10)2)20-9-12-13(16)6-4-7-14(12)17(18)19/h3-8H,9H2,1-2H3. The van der Waals surface area contributed by atoms with Gasteiger partial charge in [-0.1, -0.05) is 29.8 Å². The van der Waals surface area contributed by atoms with Gasteiger partial charge in [-0.2, -0.15) is 0 Å². The van der Waals surface area contributed by atoms with Crippen molar-refractivity contribution < 1.29 is 9.66 Å². The van der Waals surface area contributed by atoms with E-state index in [2.05, 4.69) is 0 Å². The predicted molar refractivity (Wildman–Crippen MR) is 78.4 cm³/mol. The van der Waals surface area contributed by atoms with Crippen LogP contribution >= 0.6 is 11.6 Å². The average molecular weight is 292 g/mol. The Morgan fingerprint density at radius 1 is 1.20 bits per heavy atom. The maximum absolute atomic E-state index is 11.0. The van der Waals surface area contributed by atoms with E-state index < -0.39 is 4.92 Å². The Kier molecular flexibility index (Phi) is 4.25. The van der Waals surface area contributed by atoms with Gasteiger partial charge in [0, 0.05) is 6.07 Å². The number of hydrogen-bond acceptors (Lipinski definition) is 3. The maximum Gasteiger partial charge on any atom is 0.277 e. The highest BCUT2D eigenvalue weighted by atomic mass is 35.5. The van der Waals surface area contributed by atoms with Crippen molar-refractivity contribution in [2.45, 2.75) is 20.5 Å². The zero-order valence-electron chi connectivity index (χ0n) is 11.2. The molecule has 2 rings (SSSR count). The van der Waals surface area contributed by atoms with Gasteiger partial charge >= 0.3 is 0 Å². The number of nitro groups is 1. The minimum absolute atomic E-state index is 0.0252. The van der Waals surface area contributed by atoms with Crippen LogP contribution < -0.4 is 4.74 Å². The molecule has 0 aliphatic heterocycles. The van der Waals surface area contributed by atoms with E-state index >= 15 is 0 Å². The lowest BCUT2D eigenvalue weighted by Gasteiger charge is -2.11. The Balaban J connectivity index is 2.27. The van der Waals surface area contributed by atoms with E-state index in [0.29, 0.717) is 16.3 Å². The number of halogens is 1. The molecule has 104 valence electrons. The van der Waals surface area contributed by atoms with Crippen LogP contribution in [0, 0.1) is 24.0 Å².